The van der Waals surface area contributed by atoms with Gasteiger partial charge in [-0.1, -0.05) is 32.9 Å². The first kappa shape index (κ1) is 15.4. The van der Waals surface area contributed by atoms with Crippen molar-refractivity contribution in [2.75, 3.05) is 0 Å². The van der Waals surface area contributed by atoms with Crippen LogP contribution >= 0.6 is 0 Å². The Hall–Kier alpha value is -2.03. The number of carbonyl (C=O) groups is 1. The Morgan fingerprint density at radius 2 is 1.67 bits per heavy atom. The minimum absolute atomic E-state index is 0.00405. The molecule has 2 aromatic carbocycles. The lowest BCUT2D eigenvalue weighted by molar-refractivity contribution is 0.0857. The summed E-state index contributed by atoms with van der Waals surface area (Å²) in [6.07, 6.45) is 0. The summed E-state index contributed by atoms with van der Waals surface area (Å²) in [5.41, 5.74) is 1.78. The second-order valence-electron chi connectivity index (χ2n) is 6.23. The molecule has 110 valence electrons. The number of benzene rings is 2. The molecule has 0 unspecified atom stereocenters. The zero-order valence-electron chi connectivity index (χ0n) is 12.6. The Labute approximate surface area is 123 Å². The molecule has 2 aromatic rings. The highest BCUT2D eigenvalue weighted by Gasteiger charge is 2.24. The van der Waals surface area contributed by atoms with E-state index in [-0.39, 0.29) is 5.78 Å². The van der Waals surface area contributed by atoms with Crippen LogP contribution in [0.25, 0.3) is 11.1 Å². The third-order valence-electron chi connectivity index (χ3n) is 3.41. The molecular weight excluding hydrogens is 270 g/mol. The van der Waals surface area contributed by atoms with E-state index in [9.17, 15) is 13.6 Å². The van der Waals surface area contributed by atoms with Gasteiger partial charge in [-0.15, -0.1) is 0 Å². The minimum atomic E-state index is -0.631. The van der Waals surface area contributed by atoms with E-state index in [4.69, 9.17) is 0 Å². The Morgan fingerprint density at radius 3 is 2.24 bits per heavy atom. The molecule has 0 spiro atoms. The van der Waals surface area contributed by atoms with Gasteiger partial charge in [-0.2, -0.15) is 0 Å². The van der Waals surface area contributed by atoms with Crippen LogP contribution in [-0.2, 0) is 0 Å². The predicted octanol–water partition coefficient (Wildman–Crippen LogP) is 5.17. The second-order valence-corrected chi connectivity index (χ2v) is 6.23. The molecule has 0 aromatic heterocycles. The van der Waals surface area contributed by atoms with Crippen molar-refractivity contribution in [3.63, 3.8) is 0 Å². The van der Waals surface area contributed by atoms with E-state index in [2.05, 4.69) is 0 Å². The van der Waals surface area contributed by atoms with Crippen molar-refractivity contribution in [3.8, 4) is 11.1 Å². The molecule has 0 amide bonds. The molecule has 0 aliphatic carbocycles. The lowest BCUT2D eigenvalue weighted by Crippen LogP contribution is -2.21. The monoisotopic (exact) mass is 288 g/mol. The Balaban J connectivity index is 2.55. The maximum Gasteiger partial charge on any atom is 0.168 e. The van der Waals surface area contributed by atoms with Crippen LogP contribution in [-0.4, -0.2) is 5.78 Å². The van der Waals surface area contributed by atoms with Crippen LogP contribution in [0.4, 0.5) is 8.78 Å². The number of aryl methyl sites for hydroxylation is 1. The molecule has 1 nitrogen and oxygen atoms in total. The molecule has 0 radical (unpaired) electrons. The fourth-order valence-corrected chi connectivity index (χ4v) is 2.16. The molecule has 0 N–H and O–H groups in total. The van der Waals surface area contributed by atoms with Gasteiger partial charge in [0.1, 0.15) is 11.6 Å². The number of rotatable bonds is 2. The average molecular weight is 288 g/mol. The molecule has 0 bridgehead atoms. The topological polar surface area (TPSA) is 17.1 Å². The first-order valence-corrected chi connectivity index (χ1v) is 6.81. The molecule has 0 aliphatic heterocycles. The molecule has 0 atom stereocenters. The number of carbonyl (C=O) groups excluding carboxylic acids is 1. The average Bonchev–Trinajstić information content (AvgIpc) is 2.38. The third-order valence-corrected chi connectivity index (χ3v) is 3.41. The molecule has 21 heavy (non-hydrogen) atoms. The van der Waals surface area contributed by atoms with E-state index in [0.29, 0.717) is 16.7 Å². The number of hydrogen-bond donors (Lipinski definition) is 0. The lowest BCUT2D eigenvalue weighted by atomic mass is 9.84. The van der Waals surface area contributed by atoms with Gasteiger partial charge in [-0.25, -0.2) is 8.78 Å². The number of halogens is 2. The summed E-state index contributed by atoms with van der Waals surface area (Å²) >= 11 is 0. The second kappa shape index (κ2) is 5.40. The minimum Gasteiger partial charge on any atom is -0.294 e. The molecule has 3 heteroatoms. The quantitative estimate of drug-likeness (QED) is 0.697. The van der Waals surface area contributed by atoms with E-state index in [1.807, 2.05) is 27.7 Å². The number of ketones is 1. The Kier molecular flexibility index (Phi) is 3.95. The summed E-state index contributed by atoms with van der Waals surface area (Å²) in [4.78, 5) is 12.5. The highest BCUT2D eigenvalue weighted by atomic mass is 19.1. The van der Waals surface area contributed by atoms with Crippen LogP contribution in [0.2, 0.25) is 0 Å². The summed E-state index contributed by atoms with van der Waals surface area (Å²) in [6, 6.07) is 8.66. The SMILES string of the molecule is Cc1ccc(-c2ccc(F)cc2F)cc1C(=O)C(C)(C)C. The van der Waals surface area contributed by atoms with E-state index in [1.54, 1.807) is 18.2 Å². The van der Waals surface area contributed by atoms with Crippen molar-refractivity contribution in [1.82, 2.24) is 0 Å². The van der Waals surface area contributed by atoms with E-state index in [0.717, 1.165) is 11.6 Å². The van der Waals surface area contributed by atoms with Crippen molar-refractivity contribution in [2.24, 2.45) is 5.41 Å². The normalized spacial score (nSPS) is 11.5. The van der Waals surface area contributed by atoms with Gasteiger partial charge >= 0.3 is 0 Å². The summed E-state index contributed by atoms with van der Waals surface area (Å²) in [7, 11) is 0. The number of Topliss-reactive ketones (excluding diaryl/α,β-unsaturated/α-hetero) is 1. The van der Waals surface area contributed by atoms with Gasteiger partial charge in [0.15, 0.2) is 5.78 Å². The zero-order valence-corrected chi connectivity index (χ0v) is 12.6. The molecule has 0 heterocycles. The maximum absolute atomic E-state index is 13.9. The van der Waals surface area contributed by atoms with Crippen molar-refractivity contribution >= 4 is 5.78 Å². The fraction of sp³-hybridized carbons (Fsp3) is 0.278. The Morgan fingerprint density at radius 1 is 1.00 bits per heavy atom. The van der Waals surface area contributed by atoms with Gasteiger partial charge in [-0.05, 0) is 36.2 Å². The molecular formula is C18H18F2O. The van der Waals surface area contributed by atoms with Crippen molar-refractivity contribution in [1.29, 1.82) is 0 Å². The first-order chi connectivity index (χ1) is 9.70. The summed E-state index contributed by atoms with van der Waals surface area (Å²) in [6.45, 7) is 7.39. The fourth-order valence-electron chi connectivity index (χ4n) is 2.16. The summed E-state index contributed by atoms with van der Waals surface area (Å²) < 4.78 is 26.9. The standard InChI is InChI=1S/C18H18F2O/c1-11-5-6-12(9-15(11)17(21)18(2,3)4)14-8-7-13(19)10-16(14)20/h5-10H,1-4H3. The summed E-state index contributed by atoms with van der Waals surface area (Å²) in [5, 5.41) is 0. The lowest BCUT2D eigenvalue weighted by Gasteiger charge is -2.19. The summed E-state index contributed by atoms with van der Waals surface area (Å²) in [5.74, 6) is -1.24. The van der Waals surface area contributed by atoms with Crippen LogP contribution in [0.3, 0.4) is 0 Å². The maximum atomic E-state index is 13.9. The van der Waals surface area contributed by atoms with Gasteiger partial charge < -0.3 is 0 Å². The molecule has 2 rings (SSSR count). The van der Waals surface area contributed by atoms with Crippen LogP contribution < -0.4 is 0 Å². The van der Waals surface area contributed by atoms with E-state index >= 15 is 0 Å². The highest BCUT2D eigenvalue weighted by molar-refractivity contribution is 6.02. The van der Waals surface area contributed by atoms with Gasteiger partial charge in [0, 0.05) is 22.6 Å². The molecule has 0 saturated heterocycles. The van der Waals surface area contributed by atoms with Crippen molar-refractivity contribution in [3.05, 3.63) is 59.2 Å². The molecule has 0 fully saturated rings. The van der Waals surface area contributed by atoms with Gasteiger partial charge in [0.2, 0.25) is 0 Å². The predicted molar refractivity (Wildman–Crippen MR) is 80.3 cm³/mol. The van der Waals surface area contributed by atoms with Crippen LogP contribution in [0.1, 0.15) is 36.7 Å². The number of hydrogen-bond acceptors (Lipinski definition) is 1. The Bertz CT molecular complexity index is 697. The third kappa shape index (κ3) is 3.18. The van der Waals surface area contributed by atoms with Crippen LogP contribution in [0, 0.1) is 24.0 Å². The zero-order chi connectivity index (χ0) is 15.8. The van der Waals surface area contributed by atoms with Crippen LogP contribution in [0.15, 0.2) is 36.4 Å². The van der Waals surface area contributed by atoms with Crippen LogP contribution in [0.5, 0.6) is 0 Å². The smallest absolute Gasteiger partial charge is 0.168 e. The van der Waals surface area contributed by atoms with Gasteiger partial charge in [-0.3, -0.25) is 4.79 Å². The molecule has 0 saturated carbocycles. The van der Waals surface area contributed by atoms with Crippen molar-refractivity contribution in [2.45, 2.75) is 27.7 Å². The largest absolute Gasteiger partial charge is 0.294 e. The highest BCUT2D eigenvalue weighted by Crippen LogP contribution is 2.29. The van der Waals surface area contributed by atoms with Gasteiger partial charge in [0.25, 0.3) is 0 Å². The van der Waals surface area contributed by atoms with Crippen molar-refractivity contribution < 1.29 is 13.6 Å². The first-order valence-electron chi connectivity index (χ1n) is 6.81. The molecule has 0 aliphatic rings. The van der Waals surface area contributed by atoms with Gasteiger partial charge in [0.05, 0.1) is 0 Å². The van der Waals surface area contributed by atoms with E-state index in [1.165, 1.54) is 12.1 Å². The van der Waals surface area contributed by atoms with E-state index < -0.39 is 17.0 Å².